The van der Waals surface area contributed by atoms with Gasteiger partial charge in [-0.15, -0.1) is 0 Å². The van der Waals surface area contributed by atoms with Crippen LogP contribution in [0, 0.1) is 0 Å². The summed E-state index contributed by atoms with van der Waals surface area (Å²) in [6, 6.07) is 9.54. The molecule has 1 N–H and O–H groups in total. The number of thioether (sulfide) groups is 1. The quantitative estimate of drug-likeness (QED) is 0.454. The lowest BCUT2D eigenvalue weighted by molar-refractivity contribution is -0.138. The zero-order chi connectivity index (χ0) is 25.4. The van der Waals surface area contributed by atoms with E-state index in [0.29, 0.717) is 16.5 Å². The summed E-state index contributed by atoms with van der Waals surface area (Å²) in [5.41, 5.74) is 0.791. The van der Waals surface area contributed by atoms with Gasteiger partial charge in [-0.3, -0.25) is 9.48 Å². The van der Waals surface area contributed by atoms with Crippen LogP contribution in [0.25, 0.3) is 17.0 Å². The Balaban J connectivity index is 1.37. The van der Waals surface area contributed by atoms with Gasteiger partial charge in [-0.1, -0.05) is 30.7 Å². The zero-order valence-electron chi connectivity index (χ0n) is 19.3. The molecule has 6 nitrogen and oxygen atoms in total. The fraction of sp³-hybridized carbons (Fsp3) is 0.320. The van der Waals surface area contributed by atoms with Crippen LogP contribution >= 0.6 is 23.4 Å². The molecular weight excluding hydrogens is 511 g/mol. The number of nitrogens with one attached hydrogen (secondary N) is 1. The molecule has 0 bridgehead atoms. The lowest BCUT2D eigenvalue weighted by Crippen LogP contribution is -2.52. The topological polar surface area (TPSA) is 62.5 Å². The van der Waals surface area contributed by atoms with E-state index in [4.69, 9.17) is 11.6 Å². The maximum Gasteiger partial charge on any atom is 0.416 e. The number of carbonyl (C=O) groups is 1. The molecular formula is C25H23ClF3N5OS. The molecule has 1 fully saturated rings. The number of amidine groups is 1. The predicted octanol–water partition coefficient (Wildman–Crippen LogP) is 5.41. The summed E-state index contributed by atoms with van der Waals surface area (Å²) in [5.74, 6) is -0.262. The number of benzene rings is 2. The lowest BCUT2D eigenvalue weighted by atomic mass is 10.1. The summed E-state index contributed by atoms with van der Waals surface area (Å²) in [6.45, 7) is 4.59. The van der Waals surface area contributed by atoms with E-state index < -0.39 is 11.7 Å². The molecule has 3 heterocycles. The summed E-state index contributed by atoms with van der Waals surface area (Å²) in [7, 11) is 0. The fourth-order valence-electron chi connectivity index (χ4n) is 4.48. The van der Waals surface area contributed by atoms with Crippen LogP contribution in [-0.4, -0.2) is 51.4 Å². The highest BCUT2D eigenvalue weighted by atomic mass is 35.5. The second kappa shape index (κ2) is 9.91. The van der Waals surface area contributed by atoms with Crippen LogP contribution in [-0.2, 0) is 17.5 Å². The van der Waals surface area contributed by atoms with E-state index in [9.17, 15) is 18.0 Å². The third kappa shape index (κ3) is 5.02. The summed E-state index contributed by atoms with van der Waals surface area (Å²) in [5, 5.41) is 9.20. The van der Waals surface area contributed by atoms with Crippen molar-refractivity contribution in [1.82, 2.24) is 20.0 Å². The van der Waals surface area contributed by atoms with Crippen molar-refractivity contribution in [2.24, 2.45) is 4.99 Å². The third-order valence-corrected chi connectivity index (χ3v) is 7.59. The van der Waals surface area contributed by atoms with Gasteiger partial charge in [-0.25, -0.2) is 0 Å². The van der Waals surface area contributed by atoms with Crippen LogP contribution in [0.3, 0.4) is 0 Å². The molecule has 1 amide bonds. The molecule has 1 saturated heterocycles. The van der Waals surface area contributed by atoms with E-state index in [1.807, 2.05) is 12.1 Å². The maximum atomic E-state index is 13.5. The van der Waals surface area contributed by atoms with Gasteiger partial charge in [0.25, 0.3) is 5.91 Å². The Morgan fingerprint density at radius 2 is 2.08 bits per heavy atom. The Morgan fingerprint density at radius 3 is 2.86 bits per heavy atom. The fourth-order valence-corrected chi connectivity index (χ4v) is 5.67. The Morgan fingerprint density at radius 1 is 1.25 bits per heavy atom. The Kier molecular flexibility index (Phi) is 6.84. The van der Waals surface area contributed by atoms with Crippen molar-refractivity contribution in [3.05, 3.63) is 69.2 Å². The van der Waals surface area contributed by atoms with E-state index in [1.54, 1.807) is 18.3 Å². The van der Waals surface area contributed by atoms with Crippen LogP contribution < -0.4 is 5.32 Å². The Hall–Kier alpha value is -2.82. The minimum absolute atomic E-state index is 0.0303. The SMILES string of the molecule is CC[C@H]1CNCCN1C1=NC(=O)C(=Cc2ccc3c(cnn3Cc3ccc(Cl)cc3C(F)(F)F)c2)S1. The van der Waals surface area contributed by atoms with Gasteiger partial charge in [0, 0.05) is 36.1 Å². The van der Waals surface area contributed by atoms with E-state index in [1.165, 1.54) is 28.6 Å². The average Bonchev–Trinajstić information content (AvgIpc) is 3.42. The van der Waals surface area contributed by atoms with Crippen LogP contribution in [0.5, 0.6) is 0 Å². The number of alkyl halides is 3. The number of amides is 1. The van der Waals surface area contributed by atoms with Crippen LogP contribution in [0.1, 0.15) is 30.0 Å². The second-order valence-electron chi connectivity index (χ2n) is 8.69. The molecule has 188 valence electrons. The smallest absolute Gasteiger partial charge is 0.345 e. The van der Waals surface area contributed by atoms with Gasteiger partial charge in [0.1, 0.15) is 0 Å². The molecule has 1 atom stereocenters. The van der Waals surface area contributed by atoms with Gasteiger partial charge in [-0.2, -0.15) is 23.3 Å². The maximum absolute atomic E-state index is 13.5. The van der Waals surface area contributed by atoms with E-state index in [2.05, 4.69) is 27.2 Å². The number of hydrogen-bond acceptors (Lipinski definition) is 5. The van der Waals surface area contributed by atoms with Crippen molar-refractivity contribution in [1.29, 1.82) is 0 Å². The first-order valence-corrected chi connectivity index (χ1v) is 12.7. The Labute approximate surface area is 215 Å². The highest BCUT2D eigenvalue weighted by Gasteiger charge is 2.34. The van der Waals surface area contributed by atoms with Crippen molar-refractivity contribution in [2.75, 3.05) is 19.6 Å². The number of carbonyl (C=O) groups excluding carboxylic acids is 1. The first kappa shape index (κ1) is 24.9. The first-order chi connectivity index (χ1) is 17.2. The summed E-state index contributed by atoms with van der Waals surface area (Å²) in [4.78, 5) is 19.6. The number of hydrogen-bond donors (Lipinski definition) is 1. The highest BCUT2D eigenvalue weighted by molar-refractivity contribution is 8.18. The molecule has 36 heavy (non-hydrogen) atoms. The highest BCUT2D eigenvalue weighted by Crippen LogP contribution is 2.35. The van der Waals surface area contributed by atoms with Gasteiger partial charge in [0.15, 0.2) is 5.17 Å². The first-order valence-electron chi connectivity index (χ1n) is 11.5. The van der Waals surface area contributed by atoms with Crippen molar-refractivity contribution in [3.63, 3.8) is 0 Å². The van der Waals surface area contributed by atoms with Crippen molar-refractivity contribution >= 4 is 51.4 Å². The molecule has 2 aliphatic heterocycles. The number of aromatic nitrogens is 2. The predicted molar refractivity (Wildman–Crippen MR) is 137 cm³/mol. The largest absolute Gasteiger partial charge is 0.416 e. The molecule has 2 aliphatic rings. The van der Waals surface area contributed by atoms with Gasteiger partial charge >= 0.3 is 6.18 Å². The minimum atomic E-state index is -4.52. The average molecular weight is 534 g/mol. The van der Waals surface area contributed by atoms with E-state index in [0.717, 1.165) is 48.2 Å². The summed E-state index contributed by atoms with van der Waals surface area (Å²) < 4.78 is 42.0. The normalized spacial score (nSPS) is 20.0. The van der Waals surface area contributed by atoms with Gasteiger partial charge in [0.05, 0.1) is 28.7 Å². The van der Waals surface area contributed by atoms with Crippen LogP contribution in [0.4, 0.5) is 13.2 Å². The molecule has 0 unspecified atom stereocenters. The third-order valence-electron chi connectivity index (χ3n) is 6.34. The number of aliphatic imine (C=N–C) groups is 1. The number of nitrogens with zero attached hydrogens (tertiary/aromatic N) is 4. The van der Waals surface area contributed by atoms with Crippen molar-refractivity contribution in [2.45, 2.75) is 32.1 Å². The number of piperazine rings is 1. The molecule has 0 radical (unpaired) electrons. The van der Waals surface area contributed by atoms with Crippen LogP contribution in [0.15, 0.2) is 52.5 Å². The molecule has 3 aromatic rings. The molecule has 2 aromatic carbocycles. The molecule has 0 aliphatic carbocycles. The lowest BCUT2D eigenvalue weighted by Gasteiger charge is -2.36. The van der Waals surface area contributed by atoms with Crippen LogP contribution in [0.2, 0.25) is 5.02 Å². The van der Waals surface area contributed by atoms with E-state index in [-0.39, 0.29) is 23.0 Å². The molecule has 0 spiro atoms. The number of fused-ring (bicyclic) bond motifs is 1. The Bertz CT molecular complexity index is 1380. The van der Waals surface area contributed by atoms with Gasteiger partial charge in [0.2, 0.25) is 0 Å². The monoisotopic (exact) mass is 533 g/mol. The summed E-state index contributed by atoms with van der Waals surface area (Å²) in [6.07, 6.45) is -0.152. The second-order valence-corrected chi connectivity index (χ2v) is 10.1. The molecule has 11 heteroatoms. The van der Waals surface area contributed by atoms with Crippen molar-refractivity contribution in [3.8, 4) is 0 Å². The zero-order valence-corrected chi connectivity index (χ0v) is 20.9. The van der Waals surface area contributed by atoms with Crippen molar-refractivity contribution < 1.29 is 18.0 Å². The number of rotatable bonds is 4. The molecule has 0 saturated carbocycles. The molecule has 1 aromatic heterocycles. The van der Waals surface area contributed by atoms with Gasteiger partial charge in [-0.05, 0) is 59.7 Å². The number of halogens is 4. The standard InChI is InChI=1S/C25H23ClF3N5OS/c1-2-19-13-30-7-8-33(19)24-32-23(35)22(36-24)10-15-3-6-21-17(9-15)12-31-34(21)14-16-4-5-18(26)11-20(16)25(27,28)29/h3-6,9-12,19,30H,2,7-8,13-14H2,1H3/t19-/m0/s1. The summed E-state index contributed by atoms with van der Waals surface area (Å²) >= 11 is 7.18. The van der Waals surface area contributed by atoms with E-state index >= 15 is 0 Å². The minimum Gasteiger partial charge on any atom is -0.345 e. The molecule has 5 rings (SSSR count). The van der Waals surface area contributed by atoms with Gasteiger partial charge < -0.3 is 10.2 Å².